The maximum Gasteiger partial charge on any atom is 0.276 e. The van der Waals surface area contributed by atoms with Crippen LogP contribution < -0.4 is 10.6 Å². The van der Waals surface area contributed by atoms with Gasteiger partial charge in [-0.1, -0.05) is 18.2 Å². The van der Waals surface area contributed by atoms with Crippen molar-refractivity contribution in [2.24, 2.45) is 0 Å². The maximum atomic E-state index is 13.6. The third-order valence-corrected chi connectivity index (χ3v) is 3.22. The third kappa shape index (κ3) is 3.74. The smallest absolute Gasteiger partial charge is 0.276 e. The van der Waals surface area contributed by atoms with E-state index in [9.17, 15) is 18.0 Å². The average Bonchev–Trinajstić information content (AvgIpc) is 2.61. The van der Waals surface area contributed by atoms with E-state index in [0.717, 1.165) is 18.3 Å². The minimum Gasteiger partial charge on any atom is -0.337 e. The lowest BCUT2D eigenvalue weighted by Gasteiger charge is -2.08. The van der Waals surface area contributed by atoms with Gasteiger partial charge in [0.2, 0.25) is 0 Å². The Kier molecular flexibility index (Phi) is 4.60. The van der Waals surface area contributed by atoms with Crippen molar-refractivity contribution in [2.75, 3.05) is 10.6 Å². The Labute approximate surface area is 140 Å². The Morgan fingerprint density at radius 2 is 1.52 bits per heavy atom. The molecule has 0 fully saturated rings. The van der Waals surface area contributed by atoms with E-state index in [0.29, 0.717) is 0 Å². The van der Waals surface area contributed by atoms with Crippen LogP contribution in [0, 0.1) is 17.5 Å². The quantitative estimate of drug-likeness (QED) is 0.753. The van der Waals surface area contributed by atoms with Crippen LogP contribution in [0.15, 0.2) is 54.9 Å². The third-order valence-electron chi connectivity index (χ3n) is 3.22. The van der Waals surface area contributed by atoms with E-state index >= 15 is 0 Å². The molecular weight excluding hydrogens is 333 g/mol. The zero-order valence-corrected chi connectivity index (χ0v) is 12.6. The number of carbonyl (C=O) groups excluding carboxylic acids is 1. The molecule has 1 aromatic heterocycles. The molecular formula is C17H11F3N4O. The second-order valence-corrected chi connectivity index (χ2v) is 4.94. The summed E-state index contributed by atoms with van der Waals surface area (Å²) in [4.78, 5) is 19.8. The molecule has 5 nitrogen and oxygen atoms in total. The standard InChI is InChI=1S/C17H11F3N4O/c18-10-4-1-2-7-13(10)23-15-9-21-14(8-22-15)17(25)24-16-11(19)5-3-6-12(16)20/h1-9H,(H,22,23)(H,24,25). The number of nitrogens with one attached hydrogen (secondary N) is 2. The fraction of sp³-hybridized carbons (Fsp3) is 0. The molecule has 1 amide bonds. The summed E-state index contributed by atoms with van der Waals surface area (Å²) in [6, 6.07) is 9.20. The Morgan fingerprint density at radius 1 is 0.840 bits per heavy atom. The zero-order valence-electron chi connectivity index (χ0n) is 12.6. The van der Waals surface area contributed by atoms with E-state index in [-0.39, 0.29) is 17.2 Å². The predicted octanol–water partition coefficient (Wildman–Crippen LogP) is 3.89. The van der Waals surface area contributed by atoms with Gasteiger partial charge in [0.1, 0.15) is 34.7 Å². The maximum absolute atomic E-state index is 13.6. The molecule has 126 valence electrons. The van der Waals surface area contributed by atoms with E-state index in [1.807, 2.05) is 0 Å². The van der Waals surface area contributed by atoms with Crippen LogP contribution in [0.2, 0.25) is 0 Å². The van der Waals surface area contributed by atoms with Crippen molar-refractivity contribution in [3.8, 4) is 0 Å². The molecule has 0 bridgehead atoms. The van der Waals surface area contributed by atoms with Gasteiger partial charge in [-0.3, -0.25) is 4.79 Å². The predicted molar refractivity (Wildman–Crippen MR) is 86.0 cm³/mol. The highest BCUT2D eigenvalue weighted by atomic mass is 19.1. The van der Waals surface area contributed by atoms with Crippen LogP contribution in [-0.4, -0.2) is 15.9 Å². The van der Waals surface area contributed by atoms with Crippen molar-refractivity contribution in [3.63, 3.8) is 0 Å². The first-order valence-corrected chi connectivity index (χ1v) is 7.13. The van der Waals surface area contributed by atoms with Gasteiger partial charge >= 0.3 is 0 Å². The summed E-state index contributed by atoms with van der Waals surface area (Å²) in [5, 5.41) is 4.81. The lowest BCUT2D eigenvalue weighted by Crippen LogP contribution is -2.16. The molecule has 2 N–H and O–H groups in total. The number of amides is 1. The molecule has 0 saturated heterocycles. The fourth-order valence-electron chi connectivity index (χ4n) is 2.01. The van der Waals surface area contributed by atoms with Crippen LogP contribution in [0.4, 0.5) is 30.4 Å². The summed E-state index contributed by atoms with van der Waals surface area (Å²) >= 11 is 0. The topological polar surface area (TPSA) is 66.9 Å². The van der Waals surface area contributed by atoms with Gasteiger partial charge in [0.25, 0.3) is 5.91 Å². The van der Waals surface area contributed by atoms with Crippen molar-refractivity contribution in [1.82, 2.24) is 9.97 Å². The zero-order chi connectivity index (χ0) is 17.8. The molecule has 0 aliphatic rings. The second-order valence-electron chi connectivity index (χ2n) is 4.94. The van der Waals surface area contributed by atoms with Crippen molar-refractivity contribution < 1.29 is 18.0 Å². The summed E-state index contributed by atoms with van der Waals surface area (Å²) in [5.41, 5.74) is -0.521. The van der Waals surface area contributed by atoms with Crippen LogP contribution in [0.5, 0.6) is 0 Å². The van der Waals surface area contributed by atoms with Gasteiger partial charge in [-0.25, -0.2) is 23.1 Å². The van der Waals surface area contributed by atoms with Gasteiger partial charge in [-0.15, -0.1) is 0 Å². The van der Waals surface area contributed by atoms with Crippen LogP contribution in [0.3, 0.4) is 0 Å². The minimum absolute atomic E-state index is 0.151. The Morgan fingerprint density at radius 3 is 2.16 bits per heavy atom. The van der Waals surface area contributed by atoms with Gasteiger partial charge in [0.05, 0.1) is 18.1 Å². The number of carbonyl (C=O) groups is 1. The van der Waals surface area contributed by atoms with Gasteiger partial charge in [0.15, 0.2) is 0 Å². The van der Waals surface area contributed by atoms with Crippen molar-refractivity contribution in [2.45, 2.75) is 0 Å². The Hall–Kier alpha value is -3.42. The monoisotopic (exact) mass is 344 g/mol. The number of rotatable bonds is 4. The number of aromatic nitrogens is 2. The van der Waals surface area contributed by atoms with E-state index in [1.54, 1.807) is 12.1 Å². The summed E-state index contributed by atoms with van der Waals surface area (Å²) in [6.45, 7) is 0. The van der Waals surface area contributed by atoms with Crippen LogP contribution in [0.1, 0.15) is 10.5 Å². The molecule has 0 aliphatic heterocycles. The second kappa shape index (κ2) is 7.00. The molecule has 0 aliphatic carbocycles. The highest BCUT2D eigenvalue weighted by Crippen LogP contribution is 2.19. The lowest BCUT2D eigenvalue weighted by molar-refractivity contribution is 0.102. The molecule has 3 aromatic rings. The molecule has 1 heterocycles. The lowest BCUT2D eigenvalue weighted by atomic mass is 10.2. The van der Waals surface area contributed by atoms with Crippen molar-refractivity contribution >= 4 is 23.1 Å². The minimum atomic E-state index is -0.904. The number of hydrogen-bond donors (Lipinski definition) is 2. The summed E-state index contributed by atoms with van der Waals surface area (Å²) < 4.78 is 40.6. The number of benzene rings is 2. The average molecular weight is 344 g/mol. The SMILES string of the molecule is O=C(Nc1c(F)cccc1F)c1cnc(Nc2ccccc2F)cn1. The number of hydrogen-bond acceptors (Lipinski definition) is 4. The molecule has 0 unspecified atom stereocenters. The van der Waals surface area contributed by atoms with Crippen molar-refractivity contribution in [1.29, 1.82) is 0 Å². The van der Waals surface area contributed by atoms with Crippen LogP contribution in [-0.2, 0) is 0 Å². The molecule has 3 rings (SSSR count). The fourth-order valence-corrected chi connectivity index (χ4v) is 2.01. The number of halogens is 3. The van der Waals surface area contributed by atoms with Gasteiger partial charge in [-0.2, -0.15) is 0 Å². The van der Waals surface area contributed by atoms with E-state index in [4.69, 9.17) is 0 Å². The first kappa shape index (κ1) is 16.4. The molecule has 0 radical (unpaired) electrons. The molecule has 8 heteroatoms. The summed E-state index contributed by atoms with van der Waals surface area (Å²) in [6.07, 6.45) is 2.32. The first-order chi connectivity index (χ1) is 12.0. The molecule has 0 saturated carbocycles. The molecule has 0 atom stereocenters. The highest BCUT2D eigenvalue weighted by molar-refractivity contribution is 6.02. The van der Waals surface area contributed by atoms with E-state index in [1.165, 1.54) is 24.4 Å². The van der Waals surface area contributed by atoms with Crippen LogP contribution >= 0.6 is 0 Å². The first-order valence-electron chi connectivity index (χ1n) is 7.13. The van der Waals surface area contributed by atoms with Crippen molar-refractivity contribution in [3.05, 3.63) is 78.0 Å². The number of nitrogens with zero attached hydrogens (tertiary/aromatic N) is 2. The summed E-state index contributed by atoms with van der Waals surface area (Å²) in [7, 11) is 0. The van der Waals surface area contributed by atoms with Gasteiger partial charge in [0, 0.05) is 0 Å². The number of para-hydroxylation sites is 2. The largest absolute Gasteiger partial charge is 0.337 e. The highest BCUT2D eigenvalue weighted by Gasteiger charge is 2.15. The number of anilines is 3. The molecule has 0 spiro atoms. The Balaban J connectivity index is 1.74. The van der Waals surface area contributed by atoms with Gasteiger partial charge in [-0.05, 0) is 24.3 Å². The molecule has 2 aromatic carbocycles. The summed E-state index contributed by atoms with van der Waals surface area (Å²) in [5.74, 6) is -2.90. The van der Waals surface area contributed by atoms with E-state index in [2.05, 4.69) is 20.6 Å². The normalized spacial score (nSPS) is 10.4. The van der Waals surface area contributed by atoms with Gasteiger partial charge < -0.3 is 10.6 Å². The Bertz CT molecular complexity index is 896. The van der Waals surface area contributed by atoms with E-state index < -0.39 is 29.0 Å². The van der Waals surface area contributed by atoms with Crippen LogP contribution in [0.25, 0.3) is 0 Å². The molecule has 25 heavy (non-hydrogen) atoms.